The molecule has 0 bridgehead atoms. The minimum absolute atomic E-state index is 0.0117. The summed E-state index contributed by atoms with van der Waals surface area (Å²) in [6.45, 7) is 4.44. The first-order chi connectivity index (χ1) is 12.8. The third kappa shape index (κ3) is 5.22. The number of rotatable bonds is 9. The van der Waals surface area contributed by atoms with Gasteiger partial charge in [0.15, 0.2) is 18.1 Å². The Bertz CT molecular complexity index is 683. The maximum atomic E-state index is 12.8. The molecular weight excluding hydrogens is 350 g/mol. The van der Waals surface area contributed by atoms with Gasteiger partial charge in [0.05, 0.1) is 19.3 Å². The van der Waals surface area contributed by atoms with Gasteiger partial charge in [0.25, 0.3) is 5.91 Å². The van der Waals surface area contributed by atoms with Gasteiger partial charge in [-0.05, 0) is 43.3 Å². The van der Waals surface area contributed by atoms with Gasteiger partial charge >= 0.3 is 0 Å². The van der Waals surface area contributed by atoms with Crippen LogP contribution < -0.4 is 9.47 Å². The molecule has 1 atom stereocenters. The van der Waals surface area contributed by atoms with Crippen LogP contribution in [-0.2, 0) is 16.1 Å². The highest BCUT2D eigenvalue weighted by Crippen LogP contribution is 2.26. The molecule has 1 aromatic heterocycles. The lowest BCUT2D eigenvalue weighted by atomic mass is 10.2. The van der Waals surface area contributed by atoms with Crippen molar-refractivity contribution in [2.24, 2.45) is 0 Å². The SMILES string of the molecule is CCOc1ccccc1OCC(=O)N(Cc1cccs1)CC1CCCO1. The van der Waals surface area contributed by atoms with Crippen LogP contribution in [-0.4, -0.2) is 43.3 Å². The number of amides is 1. The van der Waals surface area contributed by atoms with E-state index in [0.717, 1.165) is 24.3 Å². The zero-order valence-electron chi connectivity index (χ0n) is 15.1. The molecule has 6 heteroatoms. The molecule has 0 N–H and O–H groups in total. The molecule has 0 aliphatic carbocycles. The summed E-state index contributed by atoms with van der Waals surface area (Å²) >= 11 is 1.65. The lowest BCUT2D eigenvalue weighted by molar-refractivity contribution is -0.135. The minimum atomic E-state index is -0.0415. The standard InChI is InChI=1S/C20H25NO4S/c1-2-23-18-9-3-4-10-19(18)25-15-20(22)21(13-16-7-5-11-24-16)14-17-8-6-12-26-17/h3-4,6,8-10,12,16H,2,5,7,11,13-15H2,1H3. The molecule has 0 radical (unpaired) electrons. The number of carbonyl (C=O) groups excluding carboxylic acids is 1. The third-order valence-electron chi connectivity index (χ3n) is 4.23. The largest absolute Gasteiger partial charge is 0.490 e. The molecule has 1 aliphatic heterocycles. The van der Waals surface area contributed by atoms with Gasteiger partial charge in [0, 0.05) is 18.0 Å². The van der Waals surface area contributed by atoms with Gasteiger partial charge in [-0.15, -0.1) is 11.3 Å². The minimum Gasteiger partial charge on any atom is -0.490 e. The molecule has 2 heterocycles. The Balaban J connectivity index is 1.62. The highest BCUT2D eigenvalue weighted by molar-refractivity contribution is 7.09. The summed E-state index contributed by atoms with van der Waals surface area (Å²) in [6, 6.07) is 11.5. The van der Waals surface area contributed by atoms with E-state index in [9.17, 15) is 4.79 Å². The van der Waals surface area contributed by atoms with Crippen molar-refractivity contribution < 1.29 is 19.0 Å². The zero-order chi connectivity index (χ0) is 18.2. The van der Waals surface area contributed by atoms with Gasteiger partial charge < -0.3 is 19.1 Å². The van der Waals surface area contributed by atoms with Crippen molar-refractivity contribution in [3.05, 3.63) is 46.7 Å². The highest BCUT2D eigenvalue weighted by Gasteiger charge is 2.23. The van der Waals surface area contributed by atoms with Crippen LogP contribution in [0.3, 0.4) is 0 Å². The van der Waals surface area contributed by atoms with E-state index in [2.05, 4.69) is 0 Å². The van der Waals surface area contributed by atoms with Crippen molar-refractivity contribution in [2.45, 2.75) is 32.4 Å². The van der Waals surface area contributed by atoms with Crippen LogP contribution in [0.2, 0.25) is 0 Å². The van der Waals surface area contributed by atoms with Crippen molar-refractivity contribution in [1.82, 2.24) is 4.90 Å². The van der Waals surface area contributed by atoms with Crippen molar-refractivity contribution in [3.8, 4) is 11.5 Å². The molecule has 1 aromatic carbocycles. The van der Waals surface area contributed by atoms with Crippen LogP contribution in [0.25, 0.3) is 0 Å². The second kappa shape index (κ2) is 9.59. The Labute approximate surface area is 158 Å². The molecule has 140 valence electrons. The van der Waals surface area contributed by atoms with E-state index in [-0.39, 0.29) is 18.6 Å². The average Bonchev–Trinajstić information content (AvgIpc) is 3.34. The number of para-hydroxylation sites is 2. The molecule has 2 aromatic rings. The molecule has 5 nitrogen and oxygen atoms in total. The molecular formula is C20H25NO4S. The van der Waals surface area contributed by atoms with E-state index in [4.69, 9.17) is 14.2 Å². The number of carbonyl (C=O) groups is 1. The number of thiophene rings is 1. The van der Waals surface area contributed by atoms with Gasteiger partial charge in [-0.1, -0.05) is 18.2 Å². The summed E-state index contributed by atoms with van der Waals surface area (Å²) < 4.78 is 17.0. The molecule has 3 rings (SSSR count). The molecule has 1 amide bonds. The summed E-state index contributed by atoms with van der Waals surface area (Å²) in [5.41, 5.74) is 0. The Morgan fingerprint density at radius 1 is 1.23 bits per heavy atom. The van der Waals surface area contributed by atoms with E-state index in [1.165, 1.54) is 0 Å². The predicted molar refractivity (Wildman–Crippen MR) is 102 cm³/mol. The third-order valence-corrected chi connectivity index (χ3v) is 5.09. The summed E-state index contributed by atoms with van der Waals surface area (Å²) in [6.07, 6.45) is 2.18. The number of ether oxygens (including phenoxy) is 3. The van der Waals surface area contributed by atoms with Crippen LogP contribution in [0.5, 0.6) is 11.5 Å². The first-order valence-corrected chi connectivity index (χ1v) is 9.90. The molecule has 1 aliphatic rings. The van der Waals surface area contributed by atoms with Crippen molar-refractivity contribution in [2.75, 3.05) is 26.4 Å². The number of hydrogen-bond acceptors (Lipinski definition) is 5. The smallest absolute Gasteiger partial charge is 0.260 e. The maximum Gasteiger partial charge on any atom is 0.260 e. The number of hydrogen-bond donors (Lipinski definition) is 0. The van der Waals surface area contributed by atoms with Gasteiger partial charge in [0.1, 0.15) is 0 Å². The summed E-state index contributed by atoms with van der Waals surface area (Å²) in [5, 5.41) is 2.03. The van der Waals surface area contributed by atoms with Crippen LogP contribution in [0.15, 0.2) is 41.8 Å². The van der Waals surface area contributed by atoms with Gasteiger partial charge in [-0.25, -0.2) is 0 Å². The van der Waals surface area contributed by atoms with Crippen molar-refractivity contribution in [1.29, 1.82) is 0 Å². The predicted octanol–water partition coefficient (Wildman–Crippen LogP) is 3.73. The fourth-order valence-electron chi connectivity index (χ4n) is 2.95. The second-order valence-corrected chi connectivity index (χ2v) is 7.19. The van der Waals surface area contributed by atoms with E-state index < -0.39 is 0 Å². The number of benzene rings is 1. The molecule has 26 heavy (non-hydrogen) atoms. The summed E-state index contributed by atoms with van der Waals surface area (Å²) in [4.78, 5) is 15.8. The Hall–Kier alpha value is -2.05. The summed E-state index contributed by atoms with van der Waals surface area (Å²) in [5.74, 6) is 1.21. The lowest BCUT2D eigenvalue weighted by Gasteiger charge is -2.25. The van der Waals surface area contributed by atoms with E-state index >= 15 is 0 Å². The molecule has 1 unspecified atom stereocenters. The van der Waals surface area contributed by atoms with E-state index in [1.807, 2.05) is 53.6 Å². The first-order valence-electron chi connectivity index (χ1n) is 9.02. The number of nitrogens with zero attached hydrogens (tertiary/aromatic N) is 1. The molecule has 0 spiro atoms. The molecule has 1 saturated heterocycles. The van der Waals surface area contributed by atoms with Crippen molar-refractivity contribution in [3.63, 3.8) is 0 Å². The van der Waals surface area contributed by atoms with Crippen LogP contribution in [0.1, 0.15) is 24.6 Å². The Morgan fingerprint density at radius 2 is 2.04 bits per heavy atom. The normalized spacial score (nSPS) is 16.4. The fourth-order valence-corrected chi connectivity index (χ4v) is 3.67. The molecule has 1 fully saturated rings. The van der Waals surface area contributed by atoms with Gasteiger partial charge in [-0.3, -0.25) is 4.79 Å². The van der Waals surface area contributed by atoms with Crippen LogP contribution >= 0.6 is 11.3 Å². The zero-order valence-corrected chi connectivity index (χ0v) is 15.9. The highest BCUT2D eigenvalue weighted by atomic mass is 32.1. The van der Waals surface area contributed by atoms with Crippen molar-refractivity contribution >= 4 is 17.2 Å². The first kappa shape index (κ1) is 18.7. The average molecular weight is 375 g/mol. The summed E-state index contributed by atoms with van der Waals surface area (Å²) in [7, 11) is 0. The monoisotopic (exact) mass is 375 g/mol. The van der Waals surface area contributed by atoms with Crippen LogP contribution in [0, 0.1) is 0 Å². The quantitative estimate of drug-likeness (QED) is 0.670. The van der Waals surface area contributed by atoms with Gasteiger partial charge in [0.2, 0.25) is 0 Å². The van der Waals surface area contributed by atoms with Gasteiger partial charge in [-0.2, -0.15) is 0 Å². The van der Waals surface area contributed by atoms with Crippen LogP contribution in [0.4, 0.5) is 0 Å². The van der Waals surface area contributed by atoms with E-state index in [1.54, 1.807) is 11.3 Å². The topological polar surface area (TPSA) is 48.0 Å². The Kier molecular flexibility index (Phi) is 6.91. The fraction of sp³-hybridized carbons (Fsp3) is 0.450. The Morgan fingerprint density at radius 3 is 2.69 bits per heavy atom. The second-order valence-electron chi connectivity index (χ2n) is 6.16. The lowest BCUT2D eigenvalue weighted by Crippen LogP contribution is -2.39. The molecule has 0 saturated carbocycles. The maximum absolute atomic E-state index is 12.8. The van der Waals surface area contributed by atoms with E-state index in [0.29, 0.717) is 31.2 Å².